The Morgan fingerprint density at radius 3 is 2.00 bits per heavy atom. The Bertz CT molecular complexity index is 1550. The number of rotatable bonds is 6. The summed E-state index contributed by atoms with van der Waals surface area (Å²) in [5, 5.41) is 11.7. The molecule has 0 bridgehead atoms. The molecule has 4 fully saturated rings. The van der Waals surface area contributed by atoms with E-state index in [4.69, 9.17) is 17.2 Å². The highest BCUT2D eigenvalue weighted by atomic mass is 16.2. The Labute approximate surface area is 323 Å². The van der Waals surface area contributed by atoms with Crippen LogP contribution in [0.2, 0.25) is 0 Å². The zero-order valence-corrected chi connectivity index (χ0v) is 31.9. The Balaban J connectivity index is 1.35. The van der Waals surface area contributed by atoms with E-state index in [-0.39, 0.29) is 43.1 Å². The van der Waals surface area contributed by atoms with Crippen LogP contribution in [-0.4, -0.2) is 113 Å². The van der Waals surface area contributed by atoms with Gasteiger partial charge in [-0.2, -0.15) is 0 Å². The molecule has 1 aliphatic carbocycles. The van der Waals surface area contributed by atoms with E-state index in [1.54, 1.807) is 4.90 Å². The van der Waals surface area contributed by atoms with Gasteiger partial charge in [0, 0.05) is 32.6 Å². The average molecular weight is 765 g/mol. The minimum Gasteiger partial charge on any atom is -0.370 e. The third-order valence-corrected chi connectivity index (χ3v) is 11.2. The number of carbonyl (C=O) groups is 6. The minimum atomic E-state index is -1.25. The molecule has 5 rings (SSSR count). The molecule has 3 heterocycles. The molecule has 10 N–H and O–H groups in total. The van der Waals surface area contributed by atoms with Gasteiger partial charge in [-0.1, -0.05) is 62.4 Å². The first kappa shape index (κ1) is 41.4. The van der Waals surface area contributed by atoms with Crippen LogP contribution in [0.3, 0.4) is 0 Å². The van der Waals surface area contributed by atoms with Crippen molar-refractivity contribution in [3.63, 3.8) is 0 Å². The van der Waals surface area contributed by atoms with Gasteiger partial charge in [-0.05, 0) is 69.8 Å². The molecule has 0 unspecified atom stereocenters. The maximum Gasteiger partial charge on any atom is 0.246 e. The minimum absolute atomic E-state index is 0.0807. The van der Waals surface area contributed by atoms with E-state index in [0.29, 0.717) is 71.0 Å². The van der Waals surface area contributed by atoms with Crippen molar-refractivity contribution in [2.24, 2.45) is 22.2 Å². The average Bonchev–Trinajstić information content (AvgIpc) is 3.53. The van der Waals surface area contributed by atoms with Crippen LogP contribution in [0.25, 0.3) is 0 Å². The number of guanidine groups is 1. The fourth-order valence-electron chi connectivity index (χ4n) is 7.90. The predicted octanol–water partition coefficient (Wildman–Crippen LogP) is 0.0709. The smallest absolute Gasteiger partial charge is 0.246 e. The molecule has 4 aliphatic rings. The zero-order chi connectivity index (χ0) is 39.4. The van der Waals surface area contributed by atoms with Crippen molar-refractivity contribution in [1.82, 2.24) is 31.1 Å². The van der Waals surface area contributed by atoms with Crippen molar-refractivity contribution < 1.29 is 28.8 Å². The van der Waals surface area contributed by atoms with Gasteiger partial charge in [0.1, 0.15) is 29.7 Å². The number of benzene rings is 1. The number of hydrogen-bond donors (Lipinski definition) is 7. The standard InChI is InChI=1S/C39H60N10O6/c40-27-15-8-3-1-2-4-9-21-43-33(51)30-17-11-23-48(30)35(53)28(16-10-22-44-38(41)42)46-37(55)39(19-20-39)47-34(52)31-18-12-24-49(31)36(54)29(45-32(27)50)25-26-13-6-5-7-14-26/h5-7,13-14,27-31H,1-4,8-12,15-25,40H2,(H,43,51)(H,45,50)(H,46,55)(H,47,52)(H4,41,42,44)/t27-,28-,29-,30-,31-/m0/s1. The quantitative estimate of drug-likeness (QED) is 0.118. The second-order valence-electron chi connectivity index (χ2n) is 15.5. The third kappa shape index (κ3) is 11.4. The normalized spacial score (nSPS) is 27.7. The van der Waals surface area contributed by atoms with Gasteiger partial charge >= 0.3 is 0 Å². The molecule has 0 radical (unpaired) electrons. The molecule has 3 saturated heterocycles. The highest BCUT2D eigenvalue weighted by molar-refractivity contribution is 6.00. The predicted molar refractivity (Wildman–Crippen MR) is 207 cm³/mol. The molecule has 1 aromatic rings. The van der Waals surface area contributed by atoms with Crippen LogP contribution in [0.1, 0.15) is 102 Å². The van der Waals surface area contributed by atoms with Gasteiger partial charge in [0.25, 0.3) is 0 Å². The first-order chi connectivity index (χ1) is 26.5. The Hall–Kier alpha value is -4.73. The summed E-state index contributed by atoms with van der Waals surface area (Å²) < 4.78 is 0. The number of fused-ring (bicyclic) bond motifs is 2. The van der Waals surface area contributed by atoms with E-state index < -0.39 is 53.5 Å². The number of amides is 6. The topological polar surface area (TPSA) is 247 Å². The van der Waals surface area contributed by atoms with Crippen LogP contribution >= 0.6 is 0 Å². The van der Waals surface area contributed by atoms with Gasteiger partial charge in [-0.3, -0.25) is 33.8 Å². The SMILES string of the molecule is NC(N)=NCCC[C@@H]1NC(=O)C2(CC2)NC(=O)[C@@H]2CCCN2C(=O)[C@H](Cc2ccccc2)NC(=O)[C@@H](N)CCCCCCCCNC(=O)[C@@H]2CCCN2C1=O. The van der Waals surface area contributed by atoms with Crippen LogP contribution < -0.4 is 38.5 Å². The lowest BCUT2D eigenvalue weighted by Gasteiger charge is -2.31. The Kier molecular flexibility index (Phi) is 14.9. The lowest BCUT2D eigenvalue weighted by molar-refractivity contribution is -0.143. The number of aliphatic imine (C=N–C) groups is 1. The van der Waals surface area contributed by atoms with E-state index >= 15 is 0 Å². The summed E-state index contributed by atoms with van der Waals surface area (Å²) in [6.45, 7) is 1.45. The Morgan fingerprint density at radius 1 is 0.727 bits per heavy atom. The summed E-state index contributed by atoms with van der Waals surface area (Å²) in [4.78, 5) is 89.9. The van der Waals surface area contributed by atoms with Crippen LogP contribution in [0.5, 0.6) is 0 Å². The number of nitrogens with two attached hydrogens (primary N) is 3. The molecule has 6 amide bonds. The van der Waals surface area contributed by atoms with E-state index in [0.717, 1.165) is 44.1 Å². The maximum absolute atomic E-state index is 14.2. The van der Waals surface area contributed by atoms with Crippen LogP contribution in [0.4, 0.5) is 0 Å². The van der Waals surface area contributed by atoms with Crippen molar-refractivity contribution in [3.05, 3.63) is 35.9 Å². The van der Waals surface area contributed by atoms with E-state index in [9.17, 15) is 28.8 Å². The number of hydrogen-bond acceptors (Lipinski definition) is 8. The summed E-state index contributed by atoms with van der Waals surface area (Å²) in [6.07, 6.45) is 9.47. The van der Waals surface area contributed by atoms with Gasteiger partial charge < -0.3 is 48.3 Å². The maximum atomic E-state index is 14.2. The number of carbonyl (C=O) groups excluding carboxylic acids is 6. The second-order valence-corrected chi connectivity index (χ2v) is 15.5. The largest absolute Gasteiger partial charge is 0.370 e. The van der Waals surface area contributed by atoms with E-state index in [1.807, 2.05) is 30.3 Å². The van der Waals surface area contributed by atoms with Gasteiger partial charge in [0.05, 0.1) is 6.04 Å². The fraction of sp³-hybridized carbons (Fsp3) is 0.667. The molecule has 16 heteroatoms. The molecule has 1 saturated carbocycles. The molecule has 302 valence electrons. The zero-order valence-electron chi connectivity index (χ0n) is 31.9. The molecule has 16 nitrogen and oxygen atoms in total. The molecule has 5 atom stereocenters. The van der Waals surface area contributed by atoms with E-state index in [2.05, 4.69) is 26.3 Å². The first-order valence-electron chi connectivity index (χ1n) is 20.2. The summed E-state index contributed by atoms with van der Waals surface area (Å²) in [5.74, 6) is -2.41. The van der Waals surface area contributed by atoms with Crippen molar-refractivity contribution in [3.8, 4) is 0 Å². The molecule has 3 aliphatic heterocycles. The van der Waals surface area contributed by atoms with E-state index in [1.165, 1.54) is 4.90 Å². The summed E-state index contributed by atoms with van der Waals surface area (Å²) in [5.41, 5.74) is 16.9. The highest BCUT2D eigenvalue weighted by Gasteiger charge is 2.54. The molecule has 0 aromatic heterocycles. The summed E-state index contributed by atoms with van der Waals surface area (Å²) in [7, 11) is 0. The van der Waals surface area contributed by atoms with Crippen molar-refractivity contribution in [2.75, 3.05) is 26.2 Å². The second kappa shape index (κ2) is 19.7. The lowest BCUT2D eigenvalue weighted by Crippen LogP contribution is -2.60. The molecule has 1 aromatic carbocycles. The first-order valence-corrected chi connectivity index (χ1v) is 20.2. The van der Waals surface area contributed by atoms with Crippen molar-refractivity contribution in [1.29, 1.82) is 0 Å². The molecular weight excluding hydrogens is 704 g/mol. The molecule has 1 spiro atoms. The third-order valence-electron chi connectivity index (χ3n) is 11.2. The highest BCUT2D eigenvalue weighted by Crippen LogP contribution is 2.37. The van der Waals surface area contributed by atoms with Crippen molar-refractivity contribution >= 4 is 41.4 Å². The number of nitrogens with zero attached hydrogens (tertiary/aromatic N) is 3. The van der Waals surface area contributed by atoms with Crippen LogP contribution in [0.15, 0.2) is 35.3 Å². The lowest BCUT2D eigenvalue weighted by atomic mass is 10.0. The van der Waals surface area contributed by atoms with Gasteiger partial charge in [-0.25, -0.2) is 0 Å². The number of nitrogens with one attached hydrogen (secondary N) is 4. The summed E-state index contributed by atoms with van der Waals surface area (Å²) >= 11 is 0. The monoisotopic (exact) mass is 764 g/mol. The van der Waals surface area contributed by atoms with Crippen LogP contribution in [0, 0.1) is 0 Å². The molecule has 55 heavy (non-hydrogen) atoms. The Morgan fingerprint density at radius 2 is 1.35 bits per heavy atom. The van der Waals surface area contributed by atoms with Crippen LogP contribution in [-0.2, 0) is 35.2 Å². The molecular formula is C39H60N10O6. The van der Waals surface area contributed by atoms with Gasteiger partial charge in [0.15, 0.2) is 5.96 Å². The summed E-state index contributed by atoms with van der Waals surface area (Å²) in [6, 6.07) is 5.19. The van der Waals surface area contributed by atoms with Gasteiger partial charge in [-0.15, -0.1) is 0 Å². The fourth-order valence-corrected chi connectivity index (χ4v) is 7.90. The van der Waals surface area contributed by atoms with Crippen molar-refractivity contribution in [2.45, 2.75) is 138 Å². The van der Waals surface area contributed by atoms with Gasteiger partial charge in [0.2, 0.25) is 35.4 Å².